The van der Waals surface area contributed by atoms with Gasteiger partial charge in [-0.3, -0.25) is 0 Å². The van der Waals surface area contributed by atoms with E-state index in [1.165, 1.54) is 0 Å². The summed E-state index contributed by atoms with van der Waals surface area (Å²) in [6, 6.07) is 3.30. The molecule has 0 saturated heterocycles. The number of anilines is 1. The molecule has 0 amide bonds. The first-order chi connectivity index (χ1) is 7.69. The fourth-order valence-electron chi connectivity index (χ4n) is 1.25. The predicted molar refractivity (Wildman–Crippen MR) is 53.8 cm³/mol. The van der Waals surface area contributed by atoms with Crippen LogP contribution in [-0.2, 0) is 0 Å². The number of nitrogens with zero attached hydrogens (tertiary/aromatic N) is 2. The normalized spacial score (nSPS) is 10.4. The van der Waals surface area contributed by atoms with E-state index in [0.717, 1.165) is 18.2 Å². The summed E-state index contributed by atoms with van der Waals surface area (Å²) in [5.74, 6) is -1.20. The summed E-state index contributed by atoms with van der Waals surface area (Å²) in [5.41, 5.74) is 0.241. The molecule has 1 N–H and O–H groups in total. The van der Waals surface area contributed by atoms with E-state index in [9.17, 15) is 8.78 Å². The smallest absolute Gasteiger partial charge is 0.321 e. The van der Waals surface area contributed by atoms with E-state index in [1.807, 2.05) is 6.92 Å². The van der Waals surface area contributed by atoms with Crippen LogP contribution in [0.1, 0.15) is 6.92 Å². The lowest BCUT2D eigenvalue weighted by Gasteiger charge is -1.95. The molecular formula is C10H9F2N3O. The Morgan fingerprint density at radius 2 is 1.94 bits per heavy atom. The first-order valence-electron chi connectivity index (χ1n) is 4.73. The molecule has 0 radical (unpaired) electrons. The monoisotopic (exact) mass is 225 g/mol. The topological polar surface area (TPSA) is 51.0 Å². The quantitative estimate of drug-likeness (QED) is 0.871. The predicted octanol–water partition coefficient (Wildman–Crippen LogP) is 2.45. The second-order valence-electron chi connectivity index (χ2n) is 3.11. The van der Waals surface area contributed by atoms with Crippen molar-refractivity contribution in [3.05, 3.63) is 29.8 Å². The molecule has 1 aromatic carbocycles. The number of halogens is 2. The van der Waals surface area contributed by atoms with Gasteiger partial charge in [-0.05, 0) is 19.1 Å². The van der Waals surface area contributed by atoms with Gasteiger partial charge in [0.05, 0.1) is 0 Å². The third-order valence-electron chi connectivity index (χ3n) is 1.87. The zero-order valence-electron chi connectivity index (χ0n) is 8.50. The van der Waals surface area contributed by atoms with E-state index >= 15 is 0 Å². The minimum Gasteiger partial charge on any atom is -0.338 e. The second-order valence-corrected chi connectivity index (χ2v) is 3.11. The van der Waals surface area contributed by atoms with Crippen molar-refractivity contribution in [2.24, 2.45) is 0 Å². The molecular weight excluding hydrogens is 216 g/mol. The summed E-state index contributed by atoms with van der Waals surface area (Å²) >= 11 is 0. The van der Waals surface area contributed by atoms with Crippen LogP contribution in [0.3, 0.4) is 0 Å². The highest BCUT2D eigenvalue weighted by molar-refractivity contribution is 5.55. The molecule has 0 saturated carbocycles. The number of aromatic nitrogens is 2. The Hall–Kier alpha value is -1.98. The van der Waals surface area contributed by atoms with Crippen LogP contribution >= 0.6 is 0 Å². The third-order valence-corrected chi connectivity index (χ3v) is 1.87. The van der Waals surface area contributed by atoms with Crippen molar-refractivity contribution in [2.45, 2.75) is 6.92 Å². The molecule has 0 spiro atoms. The van der Waals surface area contributed by atoms with Gasteiger partial charge in [0.1, 0.15) is 11.6 Å². The number of hydrogen-bond donors (Lipinski definition) is 1. The molecule has 0 aliphatic carbocycles. The number of hydrogen-bond acceptors (Lipinski definition) is 4. The first kappa shape index (κ1) is 10.5. The SMILES string of the molecule is CCNc1nc(-c2cc(F)cc(F)c2)no1. The molecule has 4 nitrogen and oxygen atoms in total. The maximum Gasteiger partial charge on any atom is 0.321 e. The Morgan fingerprint density at radius 1 is 1.25 bits per heavy atom. The van der Waals surface area contributed by atoms with Crippen LogP contribution in [-0.4, -0.2) is 16.7 Å². The van der Waals surface area contributed by atoms with Crippen molar-refractivity contribution in [2.75, 3.05) is 11.9 Å². The summed E-state index contributed by atoms with van der Waals surface area (Å²) in [4.78, 5) is 3.93. The summed E-state index contributed by atoms with van der Waals surface area (Å²) in [7, 11) is 0. The minimum atomic E-state index is -0.676. The average molecular weight is 225 g/mol. The Labute approximate surface area is 90.3 Å². The van der Waals surface area contributed by atoms with E-state index in [0.29, 0.717) is 6.54 Å². The molecule has 1 aromatic heterocycles. The molecule has 0 fully saturated rings. The standard InChI is InChI=1S/C10H9F2N3O/c1-2-13-10-14-9(15-16-10)6-3-7(11)5-8(12)4-6/h3-5H,2H2,1H3,(H,13,14,15). The van der Waals surface area contributed by atoms with Crippen LogP contribution < -0.4 is 5.32 Å². The van der Waals surface area contributed by atoms with Crippen molar-refractivity contribution in [1.82, 2.24) is 10.1 Å². The summed E-state index contributed by atoms with van der Waals surface area (Å²) in [6.45, 7) is 2.49. The molecule has 0 aliphatic rings. The van der Waals surface area contributed by atoms with Gasteiger partial charge in [-0.15, -0.1) is 0 Å². The van der Waals surface area contributed by atoms with Gasteiger partial charge in [-0.25, -0.2) is 8.78 Å². The van der Waals surface area contributed by atoms with Crippen LogP contribution in [0.5, 0.6) is 0 Å². The lowest BCUT2D eigenvalue weighted by atomic mass is 10.2. The van der Waals surface area contributed by atoms with Crippen molar-refractivity contribution < 1.29 is 13.3 Å². The molecule has 0 bridgehead atoms. The van der Waals surface area contributed by atoms with Crippen LogP contribution in [0.2, 0.25) is 0 Å². The van der Waals surface area contributed by atoms with E-state index in [4.69, 9.17) is 4.52 Å². The molecule has 0 unspecified atom stereocenters. The van der Waals surface area contributed by atoms with Gasteiger partial charge >= 0.3 is 6.01 Å². The maximum absolute atomic E-state index is 12.9. The molecule has 16 heavy (non-hydrogen) atoms. The fourth-order valence-corrected chi connectivity index (χ4v) is 1.25. The van der Waals surface area contributed by atoms with Crippen molar-refractivity contribution >= 4 is 6.01 Å². The maximum atomic E-state index is 12.9. The zero-order valence-corrected chi connectivity index (χ0v) is 8.50. The van der Waals surface area contributed by atoms with Crippen LogP contribution in [0, 0.1) is 11.6 Å². The molecule has 2 aromatic rings. The third kappa shape index (κ3) is 2.16. The van der Waals surface area contributed by atoms with Gasteiger partial charge in [0, 0.05) is 18.2 Å². The first-order valence-corrected chi connectivity index (χ1v) is 4.73. The lowest BCUT2D eigenvalue weighted by molar-refractivity contribution is 0.432. The van der Waals surface area contributed by atoms with E-state index < -0.39 is 11.6 Å². The molecule has 1 heterocycles. The zero-order chi connectivity index (χ0) is 11.5. The van der Waals surface area contributed by atoms with E-state index in [-0.39, 0.29) is 17.4 Å². The van der Waals surface area contributed by atoms with Crippen LogP contribution in [0.4, 0.5) is 14.8 Å². The highest BCUT2D eigenvalue weighted by Gasteiger charge is 2.10. The Balaban J connectivity index is 2.34. The van der Waals surface area contributed by atoms with Crippen LogP contribution in [0.15, 0.2) is 22.7 Å². The van der Waals surface area contributed by atoms with Crippen LogP contribution in [0.25, 0.3) is 11.4 Å². The molecule has 2 rings (SSSR count). The summed E-state index contributed by atoms with van der Waals surface area (Å²) in [5, 5.41) is 6.40. The number of benzene rings is 1. The average Bonchev–Trinajstić information content (AvgIpc) is 2.65. The molecule has 0 aliphatic heterocycles. The molecule has 84 valence electrons. The number of rotatable bonds is 3. The fraction of sp³-hybridized carbons (Fsp3) is 0.200. The van der Waals surface area contributed by atoms with Crippen molar-refractivity contribution in [3.63, 3.8) is 0 Å². The van der Waals surface area contributed by atoms with Crippen molar-refractivity contribution in [1.29, 1.82) is 0 Å². The van der Waals surface area contributed by atoms with Gasteiger partial charge in [0.25, 0.3) is 0 Å². The lowest BCUT2D eigenvalue weighted by Crippen LogP contribution is -1.95. The highest BCUT2D eigenvalue weighted by atomic mass is 19.1. The minimum absolute atomic E-state index is 0.148. The highest BCUT2D eigenvalue weighted by Crippen LogP contribution is 2.19. The summed E-state index contributed by atoms with van der Waals surface area (Å²) < 4.78 is 30.7. The Kier molecular flexibility index (Phi) is 2.80. The van der Waals surface area contributed by atoms with Gasteiger partial charge < -0.3 is 9.84 Å². The van der Waals surface area contributed by atoms with E-state index in [2.05, 4.69) is 15.5 Å². The Morgan fingerprint density at radius 3 is 2.56 bits per heavy atom. The van der Waals surface area contributed by atoms with Gasteiger partial charge in [-0.1, -0.05) is 5.16 Å². The van der Waals surface area contributed by atoms with Crippen molar-refractivity contribution in [3.8, 4) is 11.4 Å². The van der Waals surface area contributed by atoms with E-state index in [1.54, 1.807) is 0 Å². The largest absolute Gasteiger partial charge is 0.338 e. The molecule has 0 atom stereocenters. The number of nitrogens with one attached hydrogen (secondary N) is 1. The van der Waals surface area contributed by atoms with Gasteiger partial charge in [0.15, 0.2) is 0 Å². The summed E-state index contributed by atoms with van der Waals surface area (Å²) in [6.07, 6.45) is 0. The second kappa shape index (κ2) is 4.26. The Bertz CT molecular complexity index is 478. The van der Waals surface area contributed by atoms with Gasteiger partial charge in [0.2, 0.25) is 5.82 Å². The van der Waals surface area contributed by atoms with Gasteiger partial charge in [-0.2, -0.15) is 4.98 Å². The molecule has 6 heteroatoms.